The summed E-state index contributed by atoms with van der Waals surface area (Å²) in [6.07, 6.45) is 1.59. The summed E-state index contributed by atoms with van der Waals surface area (Å²) in [5, 5.41) is 4.29. The zero-order valence-corrected chi connectivity index (χ0v) is 17.0. The molecular weight excluding hydrogens is 438 g/mol. The minimum absolute atomic E-state index is 0.0350. The quantitative estimate of drug-likeness (QED) is 0.636. The average molecular weight is 453 g/mol. The van der Waals surface area contributed by atoms with Gasteiger partial charge in [0, 0.05) is 32.2 Å². The monoisotopic (exact) mass is 451 g/mol. The first-order valence-corrected chi connectivity index (χ1v) is 9.76. The Hall–Kier alpha value is -1.96. The molecule has 0 bridgehead atoms. The first kappa shape index (κ1) is 18.8. The van der Waals surface area contributed by atoms with Crippen LogP contribution in [0.1, 0.15) is 9.88 Å². The molecular formula is C18H15BrClN3O2S. The predicted octanol–water partition coefficient (Wildman–Crippen LogP) is 4.01. The number of aromatic nitrogens is 2. The molecule has 1 N–H and O–H groups in total. The third-order valence-electron chi connectivity index (χ3n) is 3.66. The fourth-order valence-corrected chi connectivity index (χ4v) is 3.81. The van der Waals surface area contributed by atoms with E-state index in [1.165, 1.54) is 22.0 Å². The summed E-state index contributed by atoms with van der Waals surface area (Å²) in [6.45, 7) is 2.28. The number of hydrogen-bond donors (Lipinski definition) is 1. The second-order valence-corrected chi connectivity index (χ2v) is 8.25. The number of hydrogen-bond acceptors (Lipinski definition) is 4. The van der Waals surface area contributed by atoms with Crippen LogP contribution in [0.25, 0.3) is 11.3 Å². The van der Waals surface area contributed by atoms with Crippen molar-refractivity contribution in [2.24, 2.45) is 0 Å². The Balaban J connectivity index is 1.65. The maximum absolute atomic E-state index is 12.1. The van der Waals surface area contributed by atoms with Gasteiger partial charge in [-0.1, -0.05) is 23.7 Å². The number of aryl methyl sites for hydroxylation is 1. The minimum Gasteiger partial charge on any atom is -0.348 e. The molecule has 0 aliphatic heterocycles. The topological polar surface area (TPSA) is 64.0 Å². The van der Waals surface area contributed by atoms with Gasteiger partial charge >= 0.3 is 0 Å². The maximum atomic E-state index is 12.1. The molecule has 0 fully saturated rings. The van der Waals surface area contributed by atoms with E-state index in [-0.39, 0.29) is 18.0 Å². The molecule has 1 amide bonds. The molecule has 8 heteroatoms. The molecule has 1 aromatic carbocycles. The Labute approximate surface area is 167 Å². The predicted molar refractivity (Wildman–Crippen MR) is 108 cm³/mol. The highest BCUT2D eigenvalue weighted by atomic mass is 79.9. The van der Waals surface area contributed by atoms with Crippen LogP contribution in [-0.2, 0) is 17.9 Å². The molecule has 3 rings (SSSR count). The molecule has 0 radical (unpaired) electrons. The van der Waals surface area contributed by atoms with E-state index in [0.717, 1.165) is 25.6 Å². The fourth-order valence-electron chi connectivity index (χ4n) is 2.41. The largest absolute Gasteiger partial charge is 0.348 e. The summed E-state index contributed by atoms with van der Waals surface area (Å²) in [5.41, 5.74) is 1.65. The van der Waals surface area contributed by atoms with Crippen LogP contribution in [0.3, 0.4) is 0 Å². The van der Waals surface area contributed by atoms with Crippen molar-refractivity contribution in [2.45, 2.75) is 20.0 Å². The van der Waals surface area contributed by atoms with Crippen LogP contribution in [0.2, 0.25) is 5.02 Å². The number of amides is 1. The molecule has 0 aliphatic carbocycles. The van der Waals surface area contributed by atoms with Crippen LogP contribution in [-0.4, -0.2) is 15.5 Å². The summed E-state index contributed by atoms with van der Waals surface area (Å²) in [7, 11) is 0. The van der Waals surface area contributed by atoms with Gasteiger partial charge in [0.15, 0.2) is 0 Å². The molecule has 2 aromatic heterocycles. The highest BCUT2D eigenvalue weighted by Gasteiger charge is 2.11. The van der Waals surface area contributed by atoms with Gasteiger partial charge in [-0.15, -0.1) is 11.3 Å². The van der Waals surface area contributed by atoms with Gasteiger partial charge in [-0.2, -0.15) is 0 Å². The van der Waals surface area contributed by atoms with Crippen molar-refractivity contribution in [1.29, 1.82) is 0 Å². The first-order valence-electron chi connectivity index (χ1n) is 7.77. The van der Waals surface area contributed by atoms with Crippen LogP contribution in [0.5, 0.6) is 0 Å². The van der Waals surface area contributed by atoms with Crippen molar-refractivity contribution in [3.8, 4) is 11.3 Å². The molecule has 0 saturated heterocycles. The van der Waals surface area contributed by atoms with Crippen LogP contribution in [0.4, 0.5) is 0 Å². The van der Waals surface area contributed by atoms with Gasteiger partial charge in [0.2, 0.25) is 5.91 Å². The van der Waals surface area contributed by atoms with Gasteiger partial charge in [-0.05, 0) is 41.1 Å². The molecule has 0 atom stereocenters. The van der Waals surface area contributed by atoms with Crippen molar-refractivity contribution in [1.82, 2.24) is 14.9 Å². The normalized spacial score (nSPS) is 10.7. The molecule has 0 aliphatic rings. The second kappa shape index (κ2) is 8.16. The van der Waals surface area contributed by atoms with Crippen LogP contribution >= 0.6 is 38.9 Å². The number of thiazole rings is 1. The van der Waals surface area contributed by atoms with E-state index in [1.807, 2.05) is 31.2 Å². The molecule has 2 heterocycles. The highest BCUT2D eigenvalue weighted by Crippen LogP contribution is 2.28. The van der Waals surface area contributed by atoms with Crippen molar-refractivity contribution in [3.05, 3.63) is 72.3 Å². The van der Waals surface area contributed by atoms with Crippen molar-refractivity contribution in [3.63, 3.8) is 0 Å². The fraction of sp³-hybridized carbons (Fsp3) is 0.167. The third kappa shape index (κ3) is 4.60. The standard InChI is InChI=1S/C18H15BrClN3O2S/c1-11-18(12-2-5-14(20)6-3-12)22-16(26-11)8-21-15(24)10-23-9-13(19)4-7-17(23)25/h2-7,9H,8,10H2,1H3,(H,21,24). The lowest BCUT2D eigenvalue weighted by atomic mass is 10.1. The van der Waals surface area contributed by atoms with Gasteiger partial charge in [0.25, 0.3) is 5.56 Å². The van der Waals surface area contributed by atoms with E-state index in [2.05, 4.69) is 26.2 Å². The van der Waals surface area contributed by atoms with Gasteiger partial charge in [0.05, 0.1) is 12.2 Å². The number of nitrogens with zero attached hydrogens (tertiary/aromatic N) is 2. The first-order chi connectivity index (χ1) is 12.4. The highest BCUT2D eigenvalue weighted by molar-refractivity contribution is 9.10. The summed E-state index contributed by atoms with van der Waals surface area (Å²) < 4.78 is 2.10. The molecule has 0 saturated carbocycles. The zero-order valence-electron chi connectivity index (χ0n) is 13.8. The number of carbonyl (C=O) groups excluding carboxylic acids is 1. The van der Waals surface area contributed by atoms with E-state index in [4.69, 9.17) is 11.6 Å². The smallest absolute Gasteiger partial charge is 0.251 e. The Morgan fingerprint density at radius 3 is 2.73 bits per heavy atom. The van der Waals surface area contributed by atoms with Crippen LogP contribution in [0, 0.1) is 6.92 Å². The number of halogens is 2. The summed E-state index contributed by atoms with van der Waals surface area (Å²) >= 11 is 10.7. The zero-order chi connectivity index (χ0) is 18.7. The molecule has 0 unspecified atom stereocenters. The Bertz CT molecular complexity index is 998. The summed E-state index contributed by atoms with van der Waals surface area (Å²) in [4.78, 5) is 29.6. The van der Waals surface area contributed by atoms with Crippen LogP contribution in [0.15, 0.2) is 51.9 Å². The number of rotatable bonds is 5. The van der Waals surface area contributed by atoms with Gasteiger partial charge in [0.1, 0.15) is 11.6 Å². The van der Waals surface area contributed by atoms with E-state index in [0.29, 0.717) is 11.6 Å². The van der Waals surface area contributed by atoms with Crippen LogP contribution < -0.4 is 10.9 Å². The molecule has 5 nitrogen and oxygen atoms in total. The minimum atomic E-state index is -0.244. The lowest BCUT2D eigenvalue weighted by Crippen LogP contribution is -2.31. The molecule has 0 spiro atoms. The maximum Gasteiger partial charge on any atom is 0.251 e. The third-order valence-corrected chi connectivity index (χ3v) is 5.35. The average Bonchev–Trinajstić information content (AvgIpc) is 2.98. The van der Waals surface area contributed by atoms with Crippen molar-refractivity contribution < 1.29 is 4.79 Å². The van der Waals surface area contributed by atoms with E-state index >= 15 is 0 Å². The van der Waals surface area contributed by atoms with Gasteiger partial charge in [-0.3, -0.25) is 9.59 Å². The molecule has 26 heavy (non-hydrogen) atoms. The van der Waals surface area contributed by atoms with Gasteiger partial charge in [-0.25, -0.2) is 4.98 Å². The van der Waals surface area contributed by atoms with E-state index in [9.17, 15) is 9.59 Å². The van der Waals surface area contributed by atoms with Gasteiger partial charge < -0.3 is 9.88 Å². The van der Waals surface area contributed by atoms with E-state index < -0.39 is 0 Å². The Morgan fingerprint density at radius 2 is 2.00 bits per heavy atom. The number of carbonyl (C=O) groups is 1. The number of benzene rings is 1. The second-order valence-electron chi connectivity index (χ2n) is 5.61. The number of nitrogens with one attached hydrogen (secondary N) is 1. The Kier molecular flexibility index (Phi) is 5.90. The summed E-state index contributed by atoms with van der Waals surface area (Å²) in [5.74, 6) is -0.244. The van der Waals surface area contributed by atoms with Crippen molar-refractivity contribution >= 4 is 44.8 Å². The lowest BCUT2D eigenvalue weighted by Gasteiger charge is -2.06. The SMILES string of the molecule is Cc1sc(CNC(=O)Cn2cc(Br)ccc2=O)nc1-c1ccc(Cl)cc1. The Morgan fingerprint density at radius 1 is 1.27 bits per heavy atom. The molecule has 134 valence electrons. The number of pyridine rings is 1. The molecule has 3 aromatic rings. The summed E-state index contributed by atoms with van der Waals surface area (Å²) in [6, 6.07) is 10.6. The lowest BCUT2D eigenvalue weighted by molar-refractivity contribution is -0.121. The van der Waals surface area contributed by atoms with E-state index in [1.54, 1.807) is 12.3 Å². The van der Waals surface area contributed by atoms with Crippen molar-refractivity contribution in [2.75, 3.05) is 0 Å².